The summed E-state index contributed by atoms with van der Waals surface area (Å²) in [5.74, 6) is 0.873. The van der Waals surface area contributed by atoms with Crippen molar-refractivity contribution in [3.63, 3.8) is 0 Å². The highest BCUT2D eigenvalue weighted by Crippen LogP contribution is 2.36. The molecule has 1 aromatic carbocycles. The van der Waals surface area contributed by atoms with Crippen LogP contribution < -0.4 is 5.73 Å². The van der Waals surface area contributed by atoms with Gasteiger partial charge in [0.2, 0.25) is 0 Å². The molecule has 1 fully saturated rings. The number of aliphatic hydroxyl groups is 2. The van der Waals surface area contributed by atoms with Crippen LogP contribution in [0.4, 0.5) is 0 Å². The van der Waals surface area contributed by atoms with Gasteiger partial charge in [0.1, 0.15) is 0 Å². The zero-order valence-electron chi connectivity index (χ0n) is 16.3. The van der Waals surface area contributed by atoms with E-state index < -0.39 is 0 Å². The average Bonchev–Trinajstić information content (AvgIpc) is 3.20. The number of nitrogens with two attached hydrogens (primary N) is 1. The van der Waals surface area contributed by atoms with Gasteiger partial charge in [-0.25, -0.2) is 14.6 Å². The normalized spacial score (nSPS) is 19.6. The summed E-state index contributed by atoms with van der Waals surface area (Å²) in [6.45, 7) is -0.126. The molecular formula is C22H22N6O2. The molecule has 0 amide bonds. The largest absolute Gasteiger partial charge is 0.393 e. The molecule has 0 saturated heterocycles. The first kappa shape index (κ1) is 18.8. The SMILES string of the molecule is NC(c1cncc(-c2ccc3cnn(-c4cccc(CO)n4)c3c2)n1)[C@H]1C[C@@H](O)C1. The third kappa shape index (κ3) is 3.35. The Morgan fingerprint density at radius 2 is 1.97 bits per heavy atom. The van der Waals surface area contributed by atoms with Crippen molar-refractivity contribution in [2.75, 3.05) is 0 Å². The molecule has 1 saturated carbocycles. The number of aromatic nitrogens is 5. The monoisotopic (exact) mass is 402 g/mol. The van der Waals surface area contributed by atoms with E-state index in [-0.39, 0.29) is 24.7 Å². The van der Waals surface area contributed by atoms with Crippen LogP contribution >= 0.6 is 0 Å². The van der Waals surface area contributed by atoms with Crippen molar-refractivity contribution in [1.82, 2.24) is 24.7 Å². The highest BCUT2D eigenvalue weighted by Gasteiger charge is 2.33. The number of fused-ring (bicyclic) bond motifs is 1. The second kappa shape index (κ2) is 7.56. The van der Waals surface area contributed by atoms with E-state index in [0.29, 0.717) is 24.4 Å². The summed E-state index contributed by atoms with van der Waals surface area (Å²) in [5.41, 5.74) is 10.2. The molecule has 0 radical (unpaired) electrons. The summed E-state index contributed by atoms with van der Waals surface area (Å²) in [6, 6.07) is 11.2. The molecule has 152 valence electrons. The lowest BCUT2D eigenvalue weighted by Gasteiger charge is -2.35. The lowest BCUT2D eigenvalue weighted by atomic mass is 9.76. The molecule has 0 bridgehead atoms. The lowest BCUT2D eigenvalue weighted by molar-refractivity contribution is 0.0301. The van der Waals surface area contributed by atoms with E-state index in [1.54, 1.807) is 29.3 Å². The van der Waals surface area contributed by atoms with Crippen LogP contribution in [0.5, 0.6) is 0 Å². The number of nitrogens with zero attached hydrogens (tertiary/aromatic N) is 5. The maximum Gasteiger partial charge on any atom is 0.154 e. The van der Waals surface area contributed by atoms with Gasteiger partial charge in [0.25, 0.3) is 0 Å². The molecule has 5 rings (SSSR count). The number of hydrogen-bond donors (Lipinski definition) is 3. The fourth-order valence-electron chi connectivity index (χ4n) is 3.88. The average molecular weight is 402 g/mol. The molecule has 8 heteroatoms. The zero-order valence-corrected chi connectivity index (χ0v) is 16.3. The molecule has 4 aromatic rings. The van der Waals surface area contributed by atoms with E-state index in [1.165, 1.54) is 0 Å². The molecule has 3 aromatic heterocycles. The summed E-state index contributed by atoms with van der Waals surface area (Å²) in [6.07, 6.45) is 6.37. The summed E-state index contributed by atoms with van der Waals surface area (Å²) >= 11 is 0. The Morgan fingerprint density at radius 1 is 1.10 bits per heavy atom. The standard InChI is InChI=1S/C22H22N6O2/c23-22(15-6-17(30)7-15)19-11-24-10-18(27-19)13-4-5-14-9-25-28(20(14)8-13)21-3-1-2-16(12-29)26-21/h1-5,8-11,15,17,22,29-30H,6-7,12,23H2/t15-,17+,22?. The minimum Gasteiger partial charge on any atom is -0.393 e. The van der Waals surface area contributed by atoms with E-state index in [0.717, 1.165) is 27.9 Å². The van der Waals surface area contributed by atoms with Crippen molar-refractivity contribution in [1.29, 1.82) is 0 Å². The minimum absolute atomic E-state index is 0.126. The van der Waals surface area contributed by atoms with E-state index in [9.17, 15) is 10.2 Å². The molecule has 0 aliphatic heterocycles. The van der Waals surface area contributed by atoms with Crippen molar-refractivity contribution in [2.24, 2.45) is 11.7 Å². The zero-order chi connectivity index (χ0) is 20.7. The predicted molar refractivity (Wildman–Crippen MR) is 111 cm³/mol. The van der Waals surface area contributed by atoms with Crippen molar-refractivity contribution < 1.29 is 10.2 Å². The number of pyridine rings is 1. The molecule has 1 aliphatic carbocycles. The molecule has 1 unspecified atom stereocenters. The molecule has 1 aliphatic rings. The van der Waals surface area contributed by atoms with Gasteiger partial charge < -0.3 is 15.9 Å². The van der Waals surface area contributed by atoms with Crippen LogP contribution in [0.25, 0.3) is 28.0 Å². The highest BCUT2D eigenvalue weighted by molar-refractivity contribution is 5.84. The summed E-state index contributed by atoms with van der Waals surface area (Å²) in [4.78, 5) is 13.5. The summed E-state index contributed by atoms with van der Waals surface area (Å²) in [7, 11) is 0. The molecule has 4 N–H and O–H groups in total. The first-order chi connectivity index (χ1) is 14.6. The van der Waals surface area contributed by atoms with Crippen LogP contribution in [0, 0.1) is 5.92 Å². The Morgan fingerprint density at radius 3 is 2.77 bits per heavy atom. The second-order valence-corrected chi connectivity index (χ2v) is 7.72. The van der Waals surface area contributed by atoms with Gasteiger partial charge >= 0.3 is 0 Å². The second-order valence-electron chi connectivity index (χ2n) is 7.72. The number of aliphatic hydroxyl groups excluding tert-OH is 2. The van der Waals surface area contributed by atoms with Crippen LogP contribution in [-0.2, 0) is 6.61 Å². The van der Waals surface area contributed by atoms with Crippen LogP contribution in [0.3, 0.4) is 0 Å². The predicted octanol–water partition coefficient (Wildman–Crippen LogP) is 2.14. The van der Waals surface area contributed by atoms with Crippen LogP contribution in [0.15, 0.2) is 55.0 Å². The molecule has 30 heavy (non-hydrogen) atoms. The lowest BCUT2D eigenvalue weighted by Crippen LogP contribution is -2.36. The molecule has 3 heterocycles. The molecule has 0 spiro atoms. The van der Waals surface area contributed by atoms with Crippen LogP contribution in [0.2, 0.25) is 0 Å². The van der Waals surface area contributed by atoms with E-state index in [2.05, 4.69) is 15.1 Å². The number of rotatable bonds is 5. The van der Waals surface area contributed by atoms with Gasteiger partial charge in [0, 0.05) is 10.9 Å². The minimum atomic E-state index is -0.252. The quantitative estimate of drug-likeness (QED) is 0.467. The van der Waals surface area contributed by atoms with Gasteiger partial charge in [-0.2, -0.15) is 5.10 Å². The fraction of sp³-hybridized carbons (Fsp3) is 0.273. The van der Waals surface area contributed by atoms with Gasteiger partial charge in [-0.1, -0.05) is 18.2 Å². The van der Waals surface area contributed by atoms with Gasteiger partial charge in [0.05, 0.1) is 59.9 Å². The van der Waals surface area contributed by atoms with E-state index in [1.807, 2.05) is 30.3 Å². The maximum atomic E-state index is 9.56. The maximum absolute atomic E-state index is 9.56. The number of benzene rings is 1. The van der Waals surface area contributed by atoms with Gasteiger partial charge in [-0.05, 0) is 37.0 Å². The number of hydrogen-bond acceptors (Lipinski definition) is 7. The molecular weight excluding hydrogens is 380 g/mol. The first-order valence-electron chi connectivity index (χ1n) is 9.93. The molecule has 1 atom stereocenters. The topological polar surface area (TPSA) is 123 Å². The van der Waals surface area contributed by atoms with Gasteiger partial charge in [-0.3, -0.25) is 4.98 Å². The van der Waals surface area contributed by atoms with Crippen molar-refractivity contribution in [3.05, 3.63) is 66.4 Å². The van der Waals surface area contributed by atoms with Crippen molar-refractivity contribution >= 4 is 10.9 Å². The van der Waals surface area contributed by atoms with Gasteiger partial charge in [0.15, 0.2) is 5.82 Å². The Hall–Kier alpha value is -3.20. The van der Waals surface area contributed by atoms with E-state index in [4.69, 9.17) is 10.7 Å². The third-order valence-corrected chi connectivity index (χ3v) is 5.69. The Labute approximate surface area is 173 Å². The molecule has 8 nitrogen and oxygen atoms in total. The van der Waals surface area contributed by atoms with Crippen molar-refractivity contribution in [3.8, 4) is 17.1 Å². The van der Waals surface area contributed by atoms with Gasteiger partial charge in [-0.15, -0.1) is 0 Å². The van der Waals surface area contributed by atoms with E-state index >= 15 is 0 Å². The summed E-state index contributed by atoms with van der Waals surface area (Å²) < 4.78 is 1.75. The highest BCUT2D eigenvalue weighted by atomic mass is 16.3. The Bertz CT molecular complexity index is 1200. The van der Waals surface area contributed by atoms with Crippen molar-refractivity contribution in [2.45, 2.75) is 31.6 Å². The smallest absolute Gasteiger partial charge is 0.154 e. The van der Waals surface area contributed by atoms with Crippen LogP contribution in [0.1, 0.15) is 30.3 Å². The first-order valence-corrected chi connectivity index (χ1v) is 9.93. The summed E-state index contributed by atoms with van der Waals surface area (Å²) in [5, 5.41) is 24.4. The fourth-order valence-corrected chi connectivity index (χ4v) is 3.88. The Balaban J connectivity index is 1.52. The van der Waals surface area contributed by atoms with Crippen LogP contribution in [-0.4, -0.2) is 41.0 Å². The Kier molecular flexibility index (Phi) is 4.74. The third-order valence-electron chi connectivity index (χ3n) is 5.69.